The van der Waals surface area contributed by atoms with Gasteiger partial charge < -0.3 is 15.3 Å². The largest absolute Gasteiger partial charge is 0.394 e. The van der Waals surface area contributed by atoms with Gasteiger partial charge in [0.05, 0.1) is 12.1 Å². The van der Waals surface area contributed by atoms with Crippen molar-refractivity contribution in [1.29, 1.82) is 0 Å². The average Bonchev–Trinajstić information content (AvgIpc) is 2.37. The lowest BCUT2D eigenvalue weighted by atomic mass is 9.96. The first-order valence-electron chi connectivity index (χ1n) is 6.65. The van der Waals surface area contributed by atoms with E-state index < -0.39 is 6.04 Å². The van der Waals surface area contributed by atoms with Crippen molar-refractivity contribution in [3.63, 3.8) is 0 Å². The van der Waals surface area contributed by atoms with Gasteiger partial charge in [0, 0.05) is 13.1 Å². The Morgan fingerprint density at radius 3 is 2.58 bits per heavy atom. The van der Waals surface area contributed by atoms with Gasteiger partial charge in [0.25, 0.3) is 0 Å². The Hall–Kier alpha value is -1.39. The standard InChI is InChI=1S/C15H22N2O2/c1-11-4-6-12(7-5-11)8-17-14(19)13(9-18)16-10-15(17,2)3/h4-7,13,16,18H,8-10H2,1-3H3. The molecular weight excluding hydrogens is 240 g/mol. The van der Waals surface area contributed by atoms with Crippen LogP contribution in [0.3, 0.4) is 0 Å². The van der Waals surface area contributed by atoms with Gasteiger partial charge in [-0.15, -0.1) is 0 Å². The van der Waals surface area contributed by atoms with E-state index in [4.69, 9.17) is 0 Å². The maximum absolute atomic E-state index is 12.3. The van der Waals surface area contributed by atoms with Crippen LogP contribution in [0.25, 0.3) is 0 Å². The first kappa shape index (κ1) is 14.0. The summed E-state index contributed by atoms with van der Waals surface area (Å²) in [4.78, 5) is 14.2. The Labute approximate surface area is 114 Å². The minimum Gasteiger partial charge on any atom is -0.394 e. The third kappa shape index (κ3) is 2.96. The number of piperazine rings is 1. The second-order valence-corrected chi connectivity index (χ2v) is 5.84. The number of hydrogen-bond acceptors (Lipinski definition) is 3. The van der Waals surface area contributed by atoms with Crippen molar-refractivity contribution < 1.29 is 9.90 Å². The summed E-state index contributed by atoms with van der Waals surface area (Å²) in [7, 11) is 0. The number of benzene rings is 1. The maximum Gasteiger partial charge on any atom is 0.242 e. The van der Waals surface area contributed by atoms with E-state index in [1.807, 2.05) is 25.7 Å². The van der Waals surface area contributed by atoms with E-state index in [1.54, 1.807) is 0 Å². The molecule has 0 saturated carbocycles. The van der Waals surface area contributed by atoms with Gasteiger partial charge in [0.1, 0.15) is 6.04 Å². The van der Waals surface area contributed by atoms with Crippen molar-refractivity contribution in [3.05, 3.63) is 35.4 Å². The molecule has 1 aromatic rings. The van der Waals surface area contributed by atoms with E-state index >= 15 is 0 Å². The van der Waals surface area contributed by atoms with Crippen molar-refractivity contribution >= 4 is 5.91 Å². The molecule has 19 heavy (non-hydrogen) atoms. The van der Waals surface area contributed by atoms with Crippen LogP contribution in [0.2, 0.25) is 0 Å². The molecule has 1 heterocycles. The van der Waals surface area contributed by atoms with Crippen LogP contribution >= 0.6 is 0 Å². The smallest absolute Gasteiger partial charge is 0.242 e. The van der Waals surface area contributed by atoms with Gasteiger partial charge in [0.2, 0.25) is 5.91 Å². The van der Waals surface area contributed by atoms with Crippen LogP contribution in [-0.4, -0.2) is 40.6 Å². The van der Waals surface area contributed by atoms with Crippen LogP contribution in [0.5, 0.6) is 0 Å². The Kier molecular flexibility index (Phi) is 3.92. The number of rotatable bonds is 3. The fraction of sp³-hybridized carbons (Fsp3) is 0.533. The van der Waals surface area contributed by atoms with Crippen LogP contribution < -0.4 is 5.32 Å². The lowest BCUT2D eigenvalue weighted by Gasteiger charge is -2.45. The summed E-state index contributed by atoms with van der Waals surface area (Å²) in [6, 6.07) is 7.74. The highest BCUT2D eigenvalue weighted by molar-refractivity contribution is 5.83. The van der Waals surface area contributed by atoms with E-state index in [-0.39, 0.29) is 18.1 Å². The molecule has 1 atom stereocenters. The fourth-order valence-electron chi connectivity index (χ4n) is 2.35. The molecule has 1 aliphatic rings. The average molecular weight is 262 g/mol. The predicted octanol–water partition coefficient (Wildman–Crippen LogP) is 1.07. The molecule has 0 radical (unpaired) electrons. The van der Waals surface area contributed by atoms with Gasteiger partial charge >= 0.3 is 0 Å². The first-order chi connectivity index (χ1) is 8.94. The van der Waals surface area contributed by atoms with E-state index in [2.05, 4.69) is 29.6 Å². The van der Waals surface area contributed by atoms with Crippen molar-refractivity contribution in [1.82, 2.24) is 10.2 Å². The minimum absolute atomic E-state index is 0.0284. The molecule has 1 unspecified atom stereocenters. The highest BCUT2D eigenvalue weighted by Crippen LogP contribution is 2.22. The zero-order chi connectivity index (χ0) is 14.0. The zero-order valence-electron chi connectivity index (χ0n) is 11.8. The third-order valence-electron chi connectivity index (χ3n) is 3.72. The topological polar surface area (TPSA) is 52.6 Å². The fourth-order valence-corrected chi connectivity index (χ4v) is 2.35. The number of aryl methyl sites for hydroxylation is 1. The van der Waals surface area contributed by atoms with Crippen molar-refractivity contribution in [3.8, 4) is 0 Å². The Balaban J connectivity index is 2.19. The molecule has 0 bridgehead atoms. The van der Waals surface area contributed by atoms with E-state index in [1.165, 1.54) is 5.56 Å². The Morgan fingerprint density at radius 2 is 2.00 bits per heavy atom. The van der Waals surface area contributed by atoms with Crippen LogP contribution in [0.4, 0.5) is 0 Å². The quantitative estimate of drug-likeness (QED) is 0.856. The highest BCUT2D eigenvalue weighted by atomic mass is 16.3. The molecule has 1 aliphatic heterocycles. The van der Waals surface area contributed by atoms with Gasteiger partial charge in [-0.3, -0.25) is 4.79 Å². The number of carbonyl (C=O) groups is 1. The second kappa shape index (κ2) is 5.31. The molecule has 1 amide bonds. The van der Waals surface area contributed by atoms with Gasteiger partial charge in [-0.05, 0) is 26.3 Å². The molecule has 2 N–H and O–H groups in total. The SMILES string of the molecule is Cc1ccc(CN2C(=O)C(CO)NCC2(C)C)cc1. The van der Waals surface area contributed by atoms with Gasteiger partial charge in [-0.1, -0.05) is 29.8 Å². The maximum atomic E-state index is 12.3. The number of aliphatic hydroxyl groups excluding tert-OH is 1. The third-order valence-corrected chi connectivity index (χ3v) is 3.72. The summed E-state index contributed by atoms with van der Waals surface area (Å²) >= 11 is 0. The molecule has 0 aromatic heterocycles. The molecular formula is C15H22N2O2. The lowest BCUT2D eigenvalue weighted by molar-refractivity contribution is -0.145. The number of nitrogens with one attached hydrogen (secondary N) is 1. The van der Waals surface area contributed by atoms with Gasteiger partial charge in [-0.25, -0.2) is 0 Å². The van der Waals surface area contributed by atoms with Gasteiger partial charge in [-0.2, -0.15) is 0 Å². The number of aliphatic hydroxyl groups is 1. The van der Waals surface area contributed by atoms with Gasteiger partial charge in [0.15, 0.2) is 0 Å². The summed E-state index contributed by atoms with van der Waals surface area (Å²) < 4.78 is 0. The summed E-state index contributed by atoms with van der Waals surface area (Å²) in [5, 5.41) is 12.3. The Bertz CT molecular complexity index is 454. The summed E-state index contributed by atoms with van der Waals surface area (Å²) in [5.74, 6) is -0.0284. The normalized spacial score (nSPS) is 22.6. The molecule has 0 aliphatic carbocycles. The Morgan fingerprint density at radius 1 is 1.37 bits per heavy atom. The molecule has 104 valence electrons. The minimum atomic E-state index is -0.474. The number of nitrogens with zero attached hydrogens (tertiary/aromatic N) is 1. The van der Waals surface area contributed by atoms with E-state index in [0.717, 1.165) is 5.56 Å². The molecule has 4 nitrogen and oxygen atoms in total. The summed E-state index contributed by atoms with van der Waals surface area (Å²) in [6.07, 6.45) is 0. The monoisotopic (exact) mass is 262 g/mol. The van der Waals surface area contributed by atoms with E-state index in [9.17, 15) is 9.90 Å². The van der Waals surface area contributed by atoms with Crippen molar-refractivity contribution in [2.24, 2.45) is 0 Å². The molecule has 0 spiro atoms. The molecule has 1 saturated heterocycles. The highest BCUT2D eigenvalue weighted by Gasteiger charge is 2.39. The zero-order valence-corrected chi connectivity index (χ0v) is 11.8. The summed E-state index contributed by atoms with van der Waals surface area (Å²) in [6.45, 7) is 7.25. The van der Waals surface area contributed by atoms with Crippen LogP contribution in [0.1, 0.15) is 25.0 Å². The van der Waals surface area contributed by atoms with Crippen LogP contribution in [0, 0.1) is 6.92 Å². The molecule has 2 rings (SSSR count). The van der Waals surface area contributed by atoms with Crippen LogP contribution in [-0.2, 0) is 11.3 Å². The summed E-state index contributed by atoms with van der Waals surface area (Å²) in [5.41, 5.74) is 2.08. The lowest BCUT2D eigenvalue weighted by Crippen LogP contribution is -2.65. The van der Waals surface area contributed by atoms with E-state index in [0.29, 0.717) is 13.1 Å². The predicted molar refractivity (Wildman–Crippen MR) is 74.7 cm³/mol. The molecule has 4 heteroatoms. The second-order valence-electron chi connectivity index (χ2n) is 5.84. The number of hydrogen-bond donors (Lipinski definition) is 2. The number of carbonyl (C=O) groups excluding carboxylic acids is 1. The molecule has 1 fully saturated rings. The van der Waals surface area contributed by atoms with Crippen LogP contribution in [0.15, 0.2) is 24.3 Å². The first-order valence-corrected chi connectivity index (χ1v) is 6.65. The molecule has 1 aromatic carbocycles. The van der Waals surface area contributed by atoms with Crippen molar-refractivity contribution in [2.75, 3.05) is 13.2 Å². The van der Waals surface area contributed by atoms with Crippen molar-refractivity contribution in [2.45, 2.75) is 38.9 Å². The number of amides is 1.